The molecule has 0 spiro atoms. The van der Waals surface area contributed by atoms with Crippen molar-refractivity contribution in [2.24, 2.45) is 0 Å². The van der Waals surface area contributed by atoms with Crippen molar-refractivity contribution >= 4 is 10.8 Å². The maximum atomic E-state index is 2.43. The molecule has 0 amide bonds. The Hall–Kier alpha value is -2.08. The fraction of sp³-hybridized carbons (Fsp3) is 0.238. The minimum absolute atomic E-state index is 0.552. The summed E-state index contributed by atoms with van der Waals surface area (Å²) in [5.41, 5.74) is 5.98. The van der Waals surface area contributed by atoms with Gasteiger partial charge < -0.3 is 0 Å². The van der Waals surface area contributed by atoms with Gasteiger partial charge in [-0.25, -0.2) is 0 Å². The van der Waals surface area contributed by atoms with Crippen LogP contribution < -0.4 is 0 Å². The van der Waals surface area contributed by atoms with Crippen molar-refractivity contribution < 1.29 is 0 Å². The first kappa shape index (κ1) is 12.6. The van der Waals surface area contributed by atoms with Crippen molar-refractivity contribution in [1.82, 2.24) is 0 Å². The molecule has 0 aliphatic heterocycles. The van der Waals surface area contributed by atoms with Gasteiger partial charge in [-0.1, -0.05) is 67.6 Å². The number of hydrogen-bond donors (Lipinski definition) is 0. The van der Waals surface area contributed by atoms with Crippen molar-refractivity contribution in [3.63, 3.8) is 0 Å². The van der Waals surface area contributed by atoms with Gasteiger partial charge >= 0.3 is 0 Å². The summed E-state index contributed by atoms with van der Waals surface area (Å²) in [4.78, 5) is 0. The molecule has 21 heavy (non-hydrogen) atoms. The van der Waals surface area contributed by atoms with Crippen molar-refractivity contribution in [2.45, 2.75) is 32.1 Å². The van der Waals surface area contributed by atoms with Gasteiger partial charge in [0.1, 0.15) is 0 Å². The molecule has 0 saturated heterocycles. The SMILES string of the molecule is CCC1=CC2=CCCC(c3cccc4ccccc34)C2=C1. The molecule has 0 saturated carbocycles. The van der Waals surface area contributed by atoms with Crippen molar-refractivity contribution in [3.8, 4) is 0 Å². The molecule has 2 aromatic carbocycles. The second kappa shape index (κ2) is 5.04. The number of rotatable bonds is 2. The molecule has 0 N–H and O–H groups in total. The molecule has 2 aliphatic carbocycles. The van der Waals surface area contributed by atoms with E-state index in [1.165, 1.54) is 45.9 Å². The summed E-state index contributed by atoms with van der Waals surface area (Å²) in [6.45, 7) is 2.24. The highest BCUT2D eigenvalue weighted by atomic mass is 14.3. The van der Waals surface area contributed by atoms with E-state index >= 15 is 0 Å². The van der Waals surface area contributed by atoms with Crippen LogP contribution in [0.25, 0.3) is 10.8 Å². The van der Waals surface area contributed by atoms with E-state index in [2.05, 4.69) is 67.6 Å². The fourth-order valence-electron chi connectivity index (χ4n) is 3.73. The zero-order chi connectivity index (χ0) is 14.2. The average Bonchev–Trinajstić information content (AvgIpc) is 2.97. The normalized spacial score (nSPS) is 20.8. The van der Waals surface area contributed by atoms with Crippen LogP contribution in [0.1, 0.15) is 37.7 Å². The van der Waals surface area contributed by atoms with Gasteiger partial charge in [0.25, 0.3) is 0 Å². The number of fused-ring (bicyclic) bond motifs is 2. The molecule has 0 nitrogen and oxygen atoms in total. The molecular formula is C21H20. The highest BCUT2D eigenvalue weighted by Gasteiger charge is 2.26. The van der Waals surface area contributed by atoms with Gasteiger partial charge in [-0.2, -0.15) is 0 Å². The fourth-order valence-corrected chi connectivity index (χ4v) is 3.73. The molecule has 0 bridgehead atoms. The summed E-state index contributed by atoms with van der Waals surface area (Å²) in [5, 5.41) is 2.77. The highest BCUT2D eigenvalue weighted by molar-refractivity contribution is 5.87. The van der Waals surface area contributed by atoms with Crippen LogP contribution in [-0.2, 0) is 0 Å². The summed E-state index contributed by atoms with van der Waals surface area (Å²) in [7, 11) is 0. The second-order valence-corrected chi connectivity index (χ2v) is 6.03. The molecule has 0 aromatic heterocycles. The second-order valence-electron chi connectivity index (χ2n) is 6.03. The molecule has 0 heteroatoms. The minimum atomic E-state index is 0.552. The third-order valence-corrected chi connectivity index (χ3v) is 4.82. The van der Waals surface area contributed by atoms with Gasteiger partial charge in [-0.3, -0.25) is 0 Å². The lowest BCUT2D eigenvalue weighted by Crippen LogP contribution is -2.07. The van der Waals surface area contributed by atoms with E-state index < -0.39 is 0 Å². The first-order valence-electron chi connectivity index (χ1n) is 7.97. The van der Waals surface area contributed by atoms with E-state index in [0.717, 1.165) is 6.42 Å². The Morgan fingerprint density at radius 2 is 1.86 bits per heavy atom. The first-order valence-corrected chi connectivity index (χ1v) is 7.97. The van der Waals surface area contributed by atoms with Crippen molar-refractivity contribution in [2.75, 3.05) is 0 Å². The Morgan fingerprint density at radius 3 is 2.76 bits per heavy atom. The summed E-state index contributed by atoms with van der Waals surface area (Å²) >= 11 is 0. The van der Waals surface area contributed by atoms with Gasteiger partial charge in [-0.15, -0.1) is 0 Å². The Bertz CT molecular complexity index is 781. The molecule has 0 heterocycles. The first-order chi connectivity index (χ1) is 10.4. The topological polar surface area (TPSA) is 0 Å². The quantitative estimate of drug-likeness (QED) is 0.636. The average molecular weight is 272 g/mol. The maximum absolute atomic E-state index is 2.43. The largest absolute Gasteiger partial charge is 0.0769 e. The van der Waals surface area contributed by atoms with E-state index in [0.29, 0.717) is 5.92 Å². The predicted octanol–water partition coefficient (Wildman–Crippen LogP) is 5.92. The monoisotopic (exact) mass is 272 g/mol. The highest BCUT2D eigenvalue weighted by Crippen LogP contribution is 2.44. The van der Waals surface area contributed by atoms with Crippen LogP contribution in [0, 0.1) is 0 Å². The number of benzene rings is 2. The summed E-state index contributed by atoms with van der Waals surface area (Å²) in [6, 6.07) is 15.5. The van der Waals surface area contributed by atoms with E-state index in [4.69, 9.17) is 0 Å². The Labute approximate surface area is 126 Å². The lowest BCUT2D eigenvalue weighted by Gasteiger charge is -2.25. The molecule has 1 atom stereocenters. The smallest absolute Gasteiger partial charge is 0.0104 e. The van der Waals surface area contributed by atoms with Gasteiger partial charge in [0.2, 0.25) is 0 Å². The summed E-state index contributed by atoms with van der Waals surface area (Å²) < 4.78 is 0. The third-order valence-electron chi connectivity index (χ3n) is 4.82. The van der Waals surface area contributed by atoms with Gasteiger partial charge in [-0.05, 0) is 52.3 Å². The van der Waals surface area contributed by atoms with Gasteiger partial charge in [0.05, 0.1) is 0 Å². The van der Waals surface area contributed by atoms with Crippen molar-refractivity contribution in [1.29, 1.82) is 0 Å². The molecule has 0 radical (unpaired) electrons. The van der Waals surface area contributed by atoms with Crippen molar-refractivity contribution in [3.05, 3.63) is 83.0 Å². The van der Waals surface area contributed by atoms with Crippen LogP contribution in [0.2, 0.25) is 0 Å². The van der Waals surface area contributed by atoms with Crippen LogP contribution in [0.3, 0.4) is 0 Å². The molecule has 1 unspecified atom stereocenters. The molecular weight excluding hydrogens is 252 g/mol. The zero-order valence-electron chi connectivity index (χ0n) is 12.5. The van der Waals surface area contributed by atoms with E-state index in [1.54, 1.807) is 0 Å². The lowest BCUT2D eigenvalue weighted by molar-refractivity contribution is 0.705. The molecule has 4 rings (SSSR count). The molecule has 2 aliphatic rings. The van der Waals surface area contributed by atoms with E-state index in [1.807, 2.05) is 0 Å². The maximum Gasteiger partial charge on any atom is 0.0104 e. The summed E-state index contributed by atoms with van der Waals surface area (Å²) in [6.07, 6.45) is 10.8. The Morgan fingerprint density at radius 1 is 1.00 bits per heavy atom. The number of hydrogen-bond acceptors (Lipinski definition) is 0. The van der Waals surface area contributed by atoms with E-state index in [9.17, 15) is 0 Å². The standard InChI is InChI=1S/C21H20/c1-2-15-13-17-9-6-12-20(21(17)14-15)19-11-5-8-16-7-3-4-10-18(16)19/h3-5,7-11,13-14,20H,2,6,12H2,1H3. The van der Waals surface area contributed by atoms with Gasteiger partial charge in [0.15, 0.2) is 0 Å². The van der Waals surface area contributed by atoms with Crippen LogP contribution in [0.5, 0.6) is 0 Å². The predicted molar refractivity (Wildman–Crippen MR) is 90.5 cm³/mol. The molecule has 0 fully saturated rings. The Kier molecular flexibility index (Phi) is 3.03. The summed E-state index contributed by atoms with van der Waals surface area (Å²) in [5.74, 6) is 0.552. The lowest BCUT2D eigenvalue weighted by atomic mass is 9.79. The van der Waals surface area contributed by atoms with Crippen LogP contribution >= 0.6 is 0 Å². The Balaban J connectivity index is 1.85. The minimum Gasteiger partial charge on any atom is -0.0769 e. The van der Waals surface area contributed by atoms with Crippen LogP contribution in [0.15, 0.2) is 77.4 Å². The van der Waals surface area contributed by atoms with Crippen LogP contribution in [-0.4, -0.2) is 0 Å². The molecule has 104 valence electrons. The zero-order valence-corrected chi connectivity index (χ0v) is 12.5. The number of allylic oxidation sites excluding steroid dienone is 6. The van der Waals surface area contributed by atoms with Gasteiger partial charge in [0, 0.05) is 5.92 Å². The van der Waals surface area contributed by atoms with Crippen LogP contribution in [0.4, 0.5) is 0 Å². The third kappa shape index (κ3) is 2.06. The van der Waals surface area contributed by atoms with E-state index in [-0.39, 0.29) is 0 Å². The molecule has 2 aromatic rings.